The maximum atomic E-state index is 2.50. The van der Waals surface area contributed by atoms with Crippen LogP contribution >= 0.6 is 0 Å². The molecule has 10 rings (SSSR count). The fraction of sp³-hybridized carbons (Fsp3) is 0.222. The van der Waals surface area contributed by atoms with Crippen LogP contribution in [0, 0.1) is 0 Å². The Bertz CT molecular complexity index is 2560. The molecule has 0 aliphatic heterocycles. The lowest BCUT2D eigenvalue weighted by molar-refractivity contribution is 0.443. The second kappa shape index (κ2) is 13.0. The van der Waals surface area contributed by atoms with Gasteiger partial charge in [0, 0.05) is 27.8 Å². The molecule has 0 atom stereocenters. The highest BCUT2D eigenvalue weighted by Gasteiger charge is 2.42. The normalized spacial score (nSPS) is 16.2. The Kier molecular flexibility index (Phi) is 8.00. The lowest BCUT2D eigenvalue weighted by atomic mass is 9.74. The highest BCUT2D eigenvalue weighted by Crippen LogP contribution is 2.57. The van der Waals surface area contributed by atoms with Gasteiger partial charge in [0.25, 0.3) is 0 Å². The van der Waals surface area contributed by atoms with E-state index >= 15 is 0 Å². The summed E-state index contributed by atoms with van der Waals surface area (Å²) in [4.78, 5) is 2.50. The molecule has 0 radical (unpaired) electrons. The van der Waals surface area contributed by atoms with Crippen LogP contribution in [0.2, 0.25) is 0 Å². The van der Waals surface area contributed by atoms with Crippen molar-refractivity contribution in [3.05, 3.63) is 186 Å². The second-order valence-electron chi connectivity index (χ2n) is 17.1. The molecule has 0 spiro atoms. The molecule has 0 amide bonds. The third kappa shape index (κ3) is 5.35. The Hall–Kier alpha value is -5.66. The Labute approximate surface area is 327 Å². The molecule has 1 heteroatoms. The number of benzene rings is 7. The van der Waals surface area contributed by atoms with Gasteiger partial charge in [-0.3, -0.25) is 0 Å². The van der Waals surface area contributed by atoms with Crippen molar-refractivity contribution >= 4 is 17.1 Å². The highest BCUT2D eigenvalue weighted by atomic mass is 15.1. The van der Waals surface area contributed by atoms with Crippen LogP contribution in [0.5, 0.6) is 0 Å². The number of rotatable bonds is 6. The Morgan fingerprint density at radius 1 is 0.418 bits per heavy atom. The Morgan fingerprint density at radius 3 is 1.60 bits per heavy atom. The molecule has 1 fully saturated rings. The summed E-state index contributed by atoms with van der Waals surface area (Å²) >= 11 is 0. The molecule has 7 aromatic carbocycles. The van der Waals surface area contributed by atoms with E-state index in [1.54, 1.807) is 0 Å². The molecule has 3 aliphatic carbocycles. The van der Waals surface area contributed by atoms with Gasteiger partial charge in [0.15, 0.2) is 0 Å². The van der Waals surface area contributed by atoms with Crippen LogP contribution in [0.4, 0.5) is 17.1 Å². The van der Waals surface area contributed by atoms with Crippen molar-refractivity contribution < 1.29 is 0 Å². The zero-order valence-corrected chi connectivity index (χ0v) is 32.6. The first kappa shape index (κ1) is 33.9. The van der Waals surface area contributed by atoms with E-state index in [0.29, 0.717) is 5.92 Å². The predicted molar refractivity (Wildman–Crippen MR) is 233 cm³/mol. The third-order valence-electron chi connectivity index (χ3n) is 13.2. The topological polar surface area (TPSA) is 3.24 Å². The second-order valence-corrected chi connectivity index (χ2v) is 17.1. The molecule has 270 valence electrons. The minimum absolute atomic E-state index is 0.0901. The fourth-order valence-corrected chi connectivity index (χ4v) is 10.6. The Morgan fingerprint density at radius 2 is 0.927 bits per heavy atom. The van der Waals surface area contributed by atoms with E-state index in [0.717, 1.165) is 0 Å². The zero-order chi connectivity index (χ0) is 37.3. The predicted octanol–water partition coefficient (Wildman–Crippen LogP) is 15.2. The zero-order valence-electron chi connectivity index (χ0n) is 32.6. The SMILES string of the molecule is CC1(C)c2ccccc2-c2cccc(-c3cccc4c3C(C)(C)c3cc(N(c5ccc(C6CCCCC6)cc5)c5ccccc5-c5ccccc5)ccc3-4)c21. The van der Waals surface area contributed by atoms with Crippen molar-refractivity contribution in [2.45, 2.75) is 76.5 Å². The first-order chi connectivity index (χ1) is 26.8. The lowest BCUT2D eigenvalue weighted by Crippen LogP contribution is -2.19. The van der Waals surface area contributed by atoms with Crippen LogP contribution in [-0.4, -0.2) is 0 Å². The molecular formula is C54H49N. The van der Waals surface area contributed by atoms with Gasteiger partial charge in [0.05, 0.1) is 5.69 Å². The van der Waals surface area contributed by atoms with Crippen molar-refractivity contribution in [3.63, 3.8) is 0 Å². The van der Waals surface area contributed by atoms with E-state index in [1.807, 2.05) is 0 Å². The largest absolute Gasteiger partial charge is 0.310 e. The summed E-state index contributed by atoms with van der Waals surface area (Å²) in [5, 5.41) is 0. The quantitative estimate of drug-likeness (QED) is 0.166. The van der Waals surface area contributed by atoms with Gasteiger partial charge in [0.1, 0.15) is 0 Å². The highest BCUT2D eigenvalue weighted by molar-refractivity contribution is 5.95. The first-order valence-electron chi connectivity index (χ1n) is 20.4. The molecule has 0 aromatic heterocycles. The van der Waals surface area contributed by atoms with Gasteiger partial charge in [-0.05, 0) is 116 Å². The van der Waals surface area contributed by atoms with Crippen LogP contribution in [-0.2, 0) is 10.8 Å². The van der Waals surface area contributed by atoms with Gasteiger partial charge in [-0.1, -0.05) is 174 Å². The van der Waals surface area contributed by atoms with Crippen molar-refractivity contribution in [1.29, 1.82) is 0 Å². The molecule has 0 heterocycles. The van der Waals surface area contributed by atoms with Gasteiger partial charge < -0.3 is 4.90 Å². The van der Waals surface area contributed by atoms with Crippen molar-refractivity contribution in [2.24, 2.45) is 0 Å². The van der Waals surface area contributed by atoms with Gasteiger partial charge in [-0.2, -0.15) is 0 Å². The monoisotopic (exact) mass is 711 g/mol. The van der Waals surface area contributed by atoms with E-state index in [1.165, 1.54) is 121 Å². The van der Waals surface area contributed by atoms with Crippen molar-refractivity contribution in [3.8, 4) is 44.5 Å². The number of anilines is 3. The van der Waals surface area contributed by atoms with Crippen LogP contribution < -0.4 is 4.90 Å². The number of nitrogens with zero attached hydrogens (tertiary/aromatic N) is 1. The fourth-order valence-electron chi connectivity index (χ4n) is 10.6. The summed E-state index contributed by atoms with van der Waals surface area (Å²) in [5.74, 6) is 0.673. The average molecular weight is 712 g/mol. The van der Waals surface area contributed by atoms with Crippen LogP contribution in [0.3, 0.4) is 0 Å². The summed E-state index contributed by atoms with van der Waals surface area (Å²) in [7, 11) is 0. The maximum Gasteiger partial charge on any atom is 0.0540 e. The first-order valence-corrected chi connectivity index (χ1v) is 20.4. The molecule has 3 aliphatic rings. The number of para-hydroxylation sites is 1. The smallest absolute Gasteiger partial charge is 0.0540 e. The molecule has 0 N–H and O–H groups in total. The summed E-state index contributed by atoms with van der Waals surface area (Å²) in [6.45, 7) is 9.69. The van der Waals surface area contributed by atoms with Gasteiger partial charge in [-0.25, -0.2) is 0 Å². The van der Waals surface area contributed by atoms with Gasteiger partial charge in [-0.15, -0.1) is 0 Å². The van der Waals surface area contributed by atoms with E-state index in [4.69, 9.17) is 0 Å². The van der Waals surface area contributed by atoms with Gasteiger partial charge in [0.2, 0.25) is 0 Å². The maximum absolute atomic E-state index is 2.50. The molecule has 1 nitrogen and oxygen atoms in total. The summed E-state index contributed by atoms with van der Waals surface area (Å²) in [6, 6.07) is 59.5. The van der Waals surface area contributed by atoms with Gasteiger partial charge >= 0.3 is 0 Å². The number of hydrogen-bond acceptors (Lipinski definition) is 1. The molecule has 7 aromatic rings. The standard InChI is InChI=1S/C54H49N/c1-53(2)48-27-13-11-22-42(48)44-23-15-25-46(51(44)53)47-26-16-24-45-43-34-33-40(35-49(43)54(3,4)52(45)47)55(39-31-29-37(30-32-39)36-17-7-5-8-18-36)50-28-14-12-21-41(50)38-19-9-6-10-20-38/h6,9-16,19-36H,5,7-8,17-18H2,1-4H3. The van der Waals surface area contributed by atoms with E-state index in [9.17, 15) is 0 Å². The minimum atomic E-state index is -0.217. The number of hydrogen-bond donors (Lipinski definition) is 0. The molecule has 0 bridgehead atoms. The third-order valence-corrected chi connectivity index (χ3v) is 13.2. The molecule has 1 saturated carbocycles. The summed E-state index contributed by atoms with van der Waals surface area (Å²) in [6.07, 6.45) is 6.67. The van der Waals surface area contributed by atoms with Crippen LogP contribution in [0.15, 0.2) is 158 Å². The molecule has 55 heavy (non-hydrogen) atoms. The lowest BCUT2D eigenvalue weighted by Gasteiger charge is -2.31. The van der Waals surface area contributed by atoms with E-state index in [2.05, 4.69) is 190 Å². The molecule has 0 saturated heterocycles. The summed E-state index contributed by atoms with van der Waals surface area (Å²) in [5.41, 5.74) is 21.0. The summed E-state index contributed by atoms with van der Waals surface area (Å²) < 4.78 is 0. The van der Waals surface area contributed by atoms with Crippen molar-refractivity contribution in [1.82, 2.24) is 0 Å². The van der Waals surface area contributed by atoms with E-state index in [-0.39, 0.29) is 10.8 Å². The van der Waals surface area contributed by atoms with Crippen LogP contribution in [0.1, 0.15) is 93.5 Å². The van der Waals surface area contributed by atoms with Crippen LogP contribution in [0.25, 0.3) is 44.5 Å². The number of fused-ring (bicyclic) bond motifs is 6. The average Bonchev–Trinajstić information content (AvgIpc) is 3.61. The van der Waals surface area contributed by atoms with E-state index < -0.39 is 0 Å². The molecule has 0 unspecified atom stereocenters. The minimum Gasteiger partial charge on any atom is -0.310 e. The molecular weight excluding hydrogens is 663 g/mol. The van der Waals surface area contributed by atoms with Crippen molar-refractivity contribution in [2.75, 3.05) is 4.90 Å². The Balaban J connectivity index is 1.12.